The molecule has 0 unspecified atom stereocenters. The van der Waals surface area contributed by atoms with Crippen LogP contribution in [0.15, 0.2) is 53.0 Å². The number of rotatable bonds is 5. The molecule has 0 aliphatic carbocycles. The maximum absolute atomic E-state index is 13.2. The monoisotopic (exact) mass is 402 g/mol. The van der Waals surface area contributed by atoms with E-state index in [4.69, 9.17) is 4.74 Å². The highest BCUT2D eigenvalue weighted by atomic mass is 79.9. The van der Waals surface area contributed by atoms with Crippen LogP contribution in [0, 0.1) is 0 Å². The Morgan fingerprint density at radius 3 is 2.60 bits per heavy atom. The highest BCUT2D eigenvalue weighted by Gasteiger charge is 2.28. The molecule has 1 heterocycles. The van der Waals surface area contributed by atoms with E-state index in [2.05, 4.69) is 15.9 Å². The van der Waals surface area contributed by atoms with Gasteiger partial charge in [-0.2, -0.15) is 0 Å². The van der Waals surface area contributed by atoms with E-state index >= 15 is 0 Å². The van der Waals surface area contributed by atoms with Crippen molar-refractivity contribution in [3.8, 4) is 5.75 Å². The average molecular weight is 403 g/mol. The van der Waals surface area contributed by atoms with Crippen LogP contribution in [0.3, 0.4) is 0 Å². The van der Waals surface area contributed by atoms with Crippen molar-refractivity contribution in [3.05, 3.63) is 58.6 Å². The predicted octanol–water partition coefficient (Wildman–Crippen LogP) is 3.68. The van der Waals surface area contributed by atoms with Crippen LogP contribution in [0.4, 0.5) is 5.69 Å². The SMILES string of the molecule is COc1ccccc1N(CN1CCCC1=O)C(=O)c1ccccc1Br. The Kier molecular flexibility index (Phi) is 5.38. The third-order valence-electron chi connectivity index (χ3n) is 4.21. The summed E-state index contributed by atoms with van der Waals surface area (Å²) in [4.78, 5) is 28.6. The normalized spacial score (nSPS) is 13.8. The zero-order valence-electron chi connectivity index (χ0n) is 13.9. The van der Waals surface area contributed by atoms with E-state index in [0.29, 0.717) is 34.4 Å². The number of anilines is 1. The van der Waals surface area contributed by atoms with Crippen LogP contribution in [0.2, 0.25) is 0 Å². The second-order valence-electron chi connectivity index (χ2n) is 5.79. The molecule has 2 amide bonds. The van der Waals surface area contributed by atoms with Gasteiger partial charge < -0.3 is 9.64 Å². The van der Waals surface area contributed by atoms with Crippen molar-refractivity contribution in [3.63, 3.8) is 0 Å². The molecule has 3 rings (SSSR count). The second kappa shape index (κ2) is 7.70. The molecular formula is C19H19BrN2O3. The number of hydrogen-bond acceptors (Lipinski definition) is 3. The molecule has 0 aromatic heterocycles. The van der Waals surface area contributed by atoms with Crippen molar-refractivity contribution in [2.75, 3.05) is 25.2 Å². The first-order valence-corrected chi connectivity index (χ1v) is 8.88. The minimum atomic E-state index is -0.184. The first-order chi connectivity index (χ1) is 12.1. The van der Waals surface area contributed by atoms with Gasteiger partial charge in [-0.3, -0.25) is 14.5 Å². The van der Waals surface area contributed by atoms with Crippen molar-refractivity contribution in [1.82, 2.24) is 4.90 Å². The van der Waals surface area contributed by atoms with Gasteiger partial charge in [0.25, 0.3) is 5.91 Å². The van der Waals surface area contributed by atoms with E-state index in [1.54, 1.807) is 29.0 Å². The minimum Gasteiger partial charge on any atom is -0.495 e. The topological polar surface area (TPSA) is 49.9 Å². The van der Waals surface area contributed by atoms with Crippen LogP contribution in [0.25, 0.3) is 0 Å². The van der Waals surface area contributed by atoms with Crippen molar-refractivity contribution in [2.24, 2.45) is 0 Å². The van der Waals surface area contributed by atoms with E-state index in [1.165, 1.54) is 0 Å². The molecule has 2 aromatic rings. The number of nitrogens with zero attached hydrogens (tertiary/aromatic N) is 2. The quantitative estimate of drug-likeness (QED) is 0.766. The van der Waals surface area contributed by atoms with Crippen LogP contribution in [0.1, 0.15) is 23.2 Å². The molecule has 1 aliphatic rings. The number of amides is 2. The number of hydrogen-bond donors (Lipinski definition) is 0. The first-order valence-electron chi connectivity index (χ1n) is 8.09. The van der Waals surface area contributed by atoms with E-state index in [0.717, 1.165) is 6.42 Å². The smallest absolute Gasteiger partial charge is 0.261 e. The summed E-state index contributed by atoms with van der Waals surface area (Å²) in [5, 5.41) is 0. The summed E-state index contributed by atoms with van der Waals surface area (Å²) in [5.41, 5.74) is 1.19. The van der Waals surface area contributed by atoms with Crippen LogP contribution < -0.4 is 9.64 Å². The van der Waals surface area contributed by atoms with Gasteiger partial charge in [-0.15, -0.1) is 0 Å². The highest BCUT2D eigenvalue weighted by molar-refractivity contribution is 9.10. The number of ether oxygens (including phenoxy) is 1. The van der Waals surface area contributed by atoms with Gasteiger partial charge in [-0.05, 0) is 46.6 Å². The minimum absolute atomic E-state index is 0.0693. The van der Waals surface area contributed by atoms with Gasteiger partial charge in [0, 0.05) is 17.4 Å². The van der Waals surface area contributed by atoms with E-state index in [9.17, 15) is 9.59 Å². The Hall–Kier alpha value is -2.34. The second-order valence-corrected chi connectivity index (χ2v) is 6.64. The molecule has 25 heavy (non-hydrogen) atoms. The maximum Gasteiger partial charge on any atom is 0.261 e. The molecule has 1 fully saturated rings. The highest BCUT2D eigenvalue weighted by Crippen LogP contribution is 2.31. The predicted molar refractivity (Wildman–Crippen MR) is 99.8 cm³/mol. The molecule has 0 saturated carbocycles. The van der Waals surface area contributed by atoms with Crippen molar-refractivity contribution in [2.45, 2.75) is 12.8 Å². The van der Waals surface area contributed by atoms with E-state index in [1.807, 2.05) is 36.4 Å². The maximum atomic E-state index is 13.2. The summed E-state index contributed by atoms with van der Waals surface area (Å²) in [7, 11) is 1.57. The van der Waals surface area contributed by atoms with Gasteiger partial charge in [0.05, 0.1) is 18.4 Å². The fourth-order valence-corrected chi connectivity index (χ4v) is 3.36. The van der Waals surface area contributed by atoms with Crippen LogP contribution in [-0.4, -0.2) is 37.0 Å². The number of methoxy groups -OCH3 is 1. The van der Waals surface area contributed by atoms with Gasteiger partial charge in [0.1, 0.15) is 12.4 Å². The number of carbonyl (C=O) groups excluding carboxylic acids is 2. The first kappa shape index (κ1) is 17.5. The average Bonchev–Trinajstić information content (AvgIpc) is 3.04. The fraction of sp³-hybridized carbons (Fsp3) is 0.263. The number of para-hydroxylation sites is 2. The molecule has 0 N–H and O–H groups in total. The molecule has 0 spiro atoms. The largest absolute Gasteiger partial charge is 0.495 e. The zero-order chi connectivity index (χ0) is 17.8. The lowest BCUT2D eigenvalue weighted by molar-refractivity contribution is -0.127. The fourth-order valence-electron chi connectivity index (χ4n) is 2.91. The molecule has 0 radical (unpaired) electrons. The summed E-state index contributed by atoms with van der Waals surface area (Å²) < 4.78 is 6.14. The lowest BCUT2D eigenvalue weighted by Gasteiger charge is -2.29. The van der Waals surface area contributed by atoms with E-state index < -0.39 is 0 Å². The Labute approximate surface area is 155 Å². The summed E-state index contributed by atoms with van der Waals surface area (Å²) in [6, 6.07) is 14.6. The molecule has 5 nitrogen and oxygen atoms in total. The van der Waals surface area contributed by atoms with E-state index in [-0.39, 0.29) is 18.5 Å². The van der Waals surface area contributed by atoms with Crippen molar-refractivity contribution >= 4 is 33.4 Å². The van der Waals surface area contributed by atoms with Gasteiger partial charge >= 0.3 is 0 Å². The van der Waals surface area contributed by atoms with Gasteiger partial charge in [0.2, 0.25) is 5.91 Å². The van der Waals surface area contributed by atoms with Gasteiger partial charge in [-0.1, -0.05) is 24.3 Å². The molecule has 1 saturated heterocycles. The molecule has 2 aromatic carbocycles. The van der Waals surface area contributed by atoms with Crippen LogP contribution in [0.5, 0.6) is 5.75 Å². The van der Waals surface area contributed by atoms with Crippen molar-refractivity contribution in [1.29, 1.82) is 0 Å². The van der Waals surface area contributed by atoms with Gasteiger partial charge in [-0.25, -0.2) is 0 Å². The molecular weight excluding hydrogens is 384 g/mol. The van der Waals surface area contributed by atoms with Crippen LogP contribution >= 0.6 is 15.9 Å². The third kappa shape index (κ3) is 3.69. The summed E-state index contributed by atoms with van der Waals surface area (Å²) in [5.74, 6) is 0.478. The Morgan fingerprint density at radius 2 is 1.92 bits per heavy atom. The summed E-state index contributed by atoms with van der Waals surface area (Å²) in [6.45, 7) is 0.868. The van der Waals surface area contributed by atoms with Crippen LogP contribution in [-0.2, 0) is 4.79 Å². The Bertz CT molecular complexity index is 794. The zero-order valence-corrected chi connectivity index (χ0v) is 15.5. The van der Waals surface area contributed by atoms with Crippen molar-refractivity contribution < 1.29 is 14.3 Å². The number of halogens is 1. The number of carbonyl (C=O) groups is 2. The Balaban J connectivity index is 2.01. The number of benzene rings is 2. The molecule has 130 valence electrons. The third-order valence-corrected chi connectivity index (χ3v) is 4.90. The molecule has 0 bridgehead atoms. The van der Waals surface area contributed by atoms with Gasteiger partial charge in [0.15, 0.2) is 0 Å². The lowest BCUT2D eigenvalue weighted by Crippen LogP contribution is -2.42. The number of likely N-dealkylation sites (tertiary alicyclic amines) is 1. The standard InChI is InChI=1S/C19H19BrN2O3/c1-25-17-10-5-4-9-16(17)22(13-21-12-6-11-18(21)23)19(24)14-7-2-3-8-15(14)20/h2-5,7-10H,6,11-13H2,1H3. The summed E-state index contributed by atoms with van der Waals surface area (Å²) >= 11 is 3.44. The molecule has 0 atom stereocenters. The summed E-state index contributed by atoms with van der Waals surface area (Å²) in [6.07, 6.45) is 1.35. The lowest BCUT2D eigenvalue weighted by atomic mass is 10.1. The Morgan fingerprint density at radius 1 is 1.20 bits per heavy atom. The molecule has 6 heteroatoms. The molecule has 1 aliphatic heterocycles.